The molecule has 0 aromatic heterocycles. The lowest BCUT2D eigenvalue weighted by Gasteiger charge is -2.33. The van der Waals surface area contributed by atoms with Gasteiger partial charge in [0.25, 0.3) is 10.0 Å². The molecule has 4 aromatic carbocycles. The summed E-state index contributed by atoms with van der Waals surface area (Å²) in [5, 5.41) is 3.48. The van der Waals surface area contributed by atoms with Gasteiger partial charge >= 0.3 is 0 Å². The summed E-state index contributed by atoms with van der Waals surface area (Å²) in [7, 11) is -4.20. The number of anilines is 1. The Hall–Kier alpha value is -4.34. The Morgan fingerprint density at radius 2 is 1.46 bits per heavy atom. The smallest absolute Gasteiger partial charge is 0.264 e. The minimum absolute atomic E-state index is 0.0430. The first-order valence-corrected chi connectivity index (χ1v) is 17.0. The third kappa shape index (κ3) is 9.11. The summed E-state index contributed by atoms with van der Waals surface area (Å²) in [6, 6.07) is 28.4. The van der Waals surface area contributed by atoms with E-state index < -0.39 is 28.5 Å². The molecule has 8 nitrogen and oxygen atoms in total. The van der Waals surface area contributed by atoms with Gasteiger partial charge in [0.2, 0.25) is 11.8 Å². The van der Waals surface area contributed by atoms with Gasteiger partial charge in [0.15, 0.2) is 0 Å². The van der Waals surface area contributed by atoms with Crippen LogP contribution in [0.4, 0.5) is 5.69 Å². The van der Waals surface area contributed by atoms with Crippen molar-refractivity contribution in [1.29, 1.82) is 0 Å². The zero-order valence-corrected chi connectivity index (χ0v) is 28.1. The van der Waals surface area contributed by atoms with Crippen LogP contribution in [-0.2, 0) is 26.2 Å². The number of halogens is 1. The van der Waals surface area contributed by atoms with E-state index >= 15 is 0 Å². The van der Waals surface area contributed by atoms with E-state index in [4.69, 9.17) is 16.3 Å². The van der Waals surface area contributed by atoms with Gasteiger partial charge in [-0.15, -0.1) is 0 Å². The van der Waals surface area contributed by atoms with Crippen LogP contribution >= 0.6 is 11.6 Å². The Bertz CT molecular complexity index is 1700. The first-order valence-electron chi connectivity index (χ1n) is 15.2. The van der Waals surface area contributed by atoms with Crippen molar-refractivity contribution < 1.29 is 22.7 Å². The number of carbonyl (C=O) groups excluding carboxylic acids is 2. The van der Waals surface area contributed by atoms with Crippen molar-refractivity contribution >= 4 is 39.1 Å². The average Bonchev–Trinajstić information content (AvgIpc) is 3.04. The fourth-order valence-corrected chi connectivity index (χ4v) is 6.34. The second-order valence-electron chi connectivity index (χ2n) is 11.4. The molecule has 0 heterocycles. The summed E-state index contributed by atoms with van der Waals surface area (Å²) in [5.41, 5.74) is 1.93. The highest BCUT2D eigenvalue weighted by Crippen LogP contribution is 2.29. The molecule has 0 spiro atoms. The fraction of sp³-hybridized carbons (Fsp3) is 0.278. The number of hydrogen-bond donors (Lipinski definition) is 1. The summed E-state index contributed by atoms with van der Waals surface area (Å²) in [4.78, 5) is 29.2. The van der Waals surface area contributed by atoms with Gasteiger partial charge in [0.05, 0.1) is 10.6 Å². The Morgan fingerprint density at radius 3 is 2.04 bits per heavy atom. The second-order valence-corrected chi connectivity index (χ2v) is 13.7. The van der Waals surface area contributed by atoms with Gasteiger partial charge in [0, 0.05) is 18.1 Å². The van der Waals surface area contributed by atoms with Crippen molar-refractivity contribution in [2.75, 3.05) is 17.4 Å². The number of hydrogen-bond acceptors (Lipinski definition) is 5. The molecule has 0 saturated carbocycles. The molecule has 1 atom stereocenters. The fourth-order valence-electron chi connectivity index (χ4n) is 4.80. The molecule has 1 N–H and O–H groups in total. The van der Waals surface area contributed by atoms with Crippen molar-refractivity contribution in [3.63, 3.8) is 0 Å². The Morgan fingerprint density at radius 1 is 0.848 bits per heavy atom. The van der Waals surface area contributed by atoms with Crippen LogP contribution in [0.3, 0.4) is 0 Å². The number of ether oxygens (including phenoxy) is 1. The maximum absolute atomic E-state index is 14.3. The number of amides is 2. The number of nitrogens with zero attached hydrogens (tertiary/aromatic N) is 2. The molecule has 4 aromatic rings. The first kappa shape index (κ1) is 34.5. The molecule has 10 heteroatoms. The quantitative estimate of drug-likeness (QED) is 0.154. The molecule has 0 radical (unpaired) electrons. The van der Waals surface area contributed by atoms with E-state index in [0.29, 0.717) is 29.5 Å². The molecule has 4 rings (SSSR count). The van der Waals surface area contributed by atoms with Gasteiger partial charge in [-0.3, -0.25) is 13.9 Å². The third-order valence-electron chi connectivity index (χ3n) is 7.33. The van der Waals surface area contributed by atoms with Gasteiger partial charge in [-0.25, -0.2) is 8.42 Å². The van der Waals surface area contributed by atoms with Crippen LogP contribution in [0, 0.1) is 12.8 Å². The summed E-state index contributed by atoms with van der Waals surface area (Å²) >= 11 is 6.11. The van der Waals surface area contributed by atoms with Crippen molar-refractivity contribution in [2.45, 2.75) is 51.6 Å². The van der Waals surface area contributed by atoms with Gasteiger partial charge in [-0.2, -0.15) is 0 Å². The average molecular weight is 662 g/mol. The maximum Gasteiger partial charge on any atom is 0.264 e. The van der Waals surface area contributed by atoms with E-state index in [9.17, 15) is 18.0 Å². The molecule has 0 aliphatic heterocycles. The molecule has 0 bridgehead atoms. The monoisotopic (exact) mass is 661 g/mol. The highest BCUT2D eigenvalue weighted by molar-refractivity contribution is 7.92. The summed E-state index contributed by atoms with van der Waals surface area (Å²) in [6.45, 7) is 7.68. The summed E-state index contributed by atoms with van der Waals surface area (Å²) in [5.74, 6) is 0.529. The van der Waals surface area contributed by atoms with E-state index in [0.717, 1.165) is 15.4 Å². The van der Waals surface area contributed by atoms with Crippen LogP contribution in [0.15, 0.2) is 108 Å². The molecular weight excluding hydrogens is 622 g/mol. The SMILES string of the molecule is CCC(C(=O)NCC(C)C)N(Cc1ccc(Cl)cc1)C(=O)CN(c1ccc(Oc2ccccc2)cc1)S(=O)(=O)c1ccc(C)cc1. The maximum atomic E-state index is 14.3. The molecule has 46 heavy (non-hydrogen) atoms. The number of carbonyl (C=O) groups is 2. The minimum Gasteiger partial charge on any atom is -0.457 e. The highest BCUT2D eigenvalue weighted by atomic mass is 35.5. The van der Waals surface area contributed by atoms with E-state index in [1.807, 2.05) is 58.0 Å². The van der Waals surface area contributed by atoms with Crippen molar-refractivity contribution in [1.82, 2.24) is 10.2 Å². The lowest BCUT2D eigenvalue weighted by Crippen LogP contribution is -2.52. The molecule has 0 fully saturated rings. The van der Waals surface area contributed by atoms with Gasteiger partial charge in [0.1, 0.15) is 24.1 Å². The van der Waals surface area contributed by atoms with E-state index in [-0.39, 0.29) is 29.0 Å². The molecule has 0 aliphatic rings. The standard InChI is InChI=1S/C36H40ClN3O5S/c1-5-34(36(42)38-23-26(2)3)39(24-28-13-15-29(37)16-14-28)35(41)25-40(46(43,44)33-21-11-27(4)12-22-33)30-17-19-32(20-18-30)45-31-9-7-6-8-10-31/h6-22,26,34H,5,23-25H2,1-4H3,(H,38,42). The number of aryl methyl sites for hydroxylation is 1. The lowest BCUT2D eigenvalue weighted by molar-refractivity contribution is -0.140. The van der Waals surface area contributed by atoms with E-state index in [1.165, 1.54) is 17.0 Å². The Labute approximate surface area is 277 Å². The van der Waals surface area contributed by atoms with Crippen molar-refractivity contribution in [3.05, 3.63) is 119 Å². The third-order valence-corrected chi connectivity index (χ3v) is 9.37. The minimum atomic E-state index is -4.20. The summed E-state index contributed by atoms with van der Waals surface area (Å²) in [6.07, 6.45) is 0.333. The van der Waals surface area contributed by atoms with E-state index in [1.54, 1.807) is 60.7 Å². The second kappa shape index (κ2) is 15.8. The largest absolute Gasteiger partial charge is 0.457 e. The van der Waals surface area contributed by atoms with Crippen molar-refractivity contribution in [3.8, 4) is 11.5 Å². The zero-order valence-electron chi connectivity index (χ0n) is 26.5. The number of para-hydroxylation sites is 1. The van der Waals surface area contributed by atoms with Crippen LogP contribution in [-0.4, -0.2) is 44.3 Å². The molecule has 242 valence electrons. The molecule has 2 amide bonds. The predicted octanol–water partition coefficient (Wildman–Crippen LogP) is 7.22. The molecule has 1 unspecified atom stereocenters. The van der Waals surface area contributed by atoms with Crippen molar-refractivity contribution in [2.24, 2.45) is 5.92 Å². The van der Waals surface area contributed by atoms with Gasteiger partial charge in [-0.1, -0.05) is 80.4 Å². The van der Waals surface area contributed by atoms with E-state index in [2.05, 4.69) is 5.32 Å². The topological polar surface area (TPSA) is 96.0 Å². The lowest BCUT2D eigenvalue weighted by atomic mass is 10.1. The van der Waals surface area contributed by atoms with Crippen LogP contribution in [0.5, 0.6) is 11.5 Å². The number of benzene rings is 4. The predicted molar refractivity (Wildman–Crippen MR) is 183 cm³/mol. The molecule has 0 saturated heterocycles. The molecule has 0 aliphatic carbocycles. The van der Waals surface area contributed by atoms with Crippen LogP contribution < -0.4 is 14.4 Å². The number of sulfonamides is 1. The van der Waals surface area contributed by atoms with Crippen LogP contribution in [0.25, 0.3) is 0 Å². The Balaban J connectivity index is 1.71. The molecular formula is C36H40ClN3O5S. The van der Waals surface area contributed by atoms with Gasteiger partial charge < -0.3 is 15.0 Å². The number of nitrogens with one attached hydrogen (secondary N) is 1. The van der Waals surface area contributed by atoms with Crippen LogP contribution in [0.1, 0.15) is 38.3 Å². The Kier molecular flexibility index (Phi) is 11.8. The first-order chi connectivity index (χ1) is 22.0. The highest BCUT2D eigenvalue weighted by Gasteiger charge is 2.33. The summed E-state index contributed by atoms with van der Waals surface area (Å²) < 4.78 is 35.3. The van der Waals surface area contributed by atoms with Gasteiger partial charge in [-0.05, 0) is 85.5 Å². The van der Waals surface area contributed by atoms with Crippen LogP contribution in [0.2, 0.25) is 5.02 Å². The zero-order chi connectivity index (χ0) is 33.3. The number of rotatable bonds is 14. The normalized spacial score (nSPS) is 12.0.